The van der Waals surface area contributed by atoms with Crippen LogP contribution in [-0.4, -0.2) is 27.8 Å². The number of rotatable bonds is 5. The summed E-state index contributed by atoms with van der Waals surface area (Å²) in [5.74, 6) is 0.891. The molecule has 0 aliphatic rings. The van der Waals surface area contributed by atoms with Crippen molar-refractivity contribution in [3.8, 4) is 22.8 Å². The number of para-hydroxylation sites is 1. The van der Waals surface area contributed by atoms with Gasteiger partial charge in [-0.25, -0.2) is 9.67 Å². The maximum Gasteiger partial charge on any atom is 0.295 e. The summed E-state index contributed by atoms with van der Waals surface area (Å²) >= 11 is 6.15. The monoisotopic (exact) mass is 418 g/mol. The zero-order valence-corrected chi connectivity index (χ0v) is 17.2. The molecule has 0 radical (unpaired) electrons. The number of carbonyl (C=O) groups excluding carboxylic acids is 1. The molecule has 30 heavy (non-hydrogen) atoms. The maximum absolute atomic E-state index is 12.8. The molecule has 0 unspecified atom stereocenters. The highest BCUT2D eigenvalue weighted by molar-refractivity contribution is 6.33. The number of nitrogens with one attached hydrogen (secondary N) is 1. The van der Waals surface area contributed by atoms with E-state index in [2.05, 4.69) is 15.4 Å². The second-order valence-electron chi connectivity index (χ2n) is 6.67. The second-order valence-corrected chi connectivity index (χ2v) is 7.08. The van der Waals surface area contributed by atoms with Crippen LogP contribution in [0.1, 0.15) is 16.2 Å². The van der Waals surface area contributed by atoms with Crippen LogP contribution in [0, 0.1) is 6.92 Å². The molecule has 0 saturated carbocycles. The third-order valence-electron chi connectivity index (χ3n) is 4.56. The minimum absolute atomic E-state index is 0.0429. The van der Waals surface area contributed by atoms with Gasteiger partial charge in [0.1, 0.15) is 5.75 Å². The van der Waals surface area contributed by atoms with Gasteiger partial charge < -0.3 is 10.1 Å². The van der Waals surface area contributed by atoms with Crippen LogP contribution < -0.4 is 10.1 Å². The van der Waals surface area contributed by atoms with Gasteiger partial charge in [-0.05, 0) is 43.3 Å². The summed E-state index contributed by atoms with van der Waals surface area (Å²) in [4.78, 5) is 17.3. The maximum atomic E-state index is 12.8. The Hall–Kier alpha value is -3.64. The topological polar surface area (TPSA) is 69.0 Å². The van der Waals surface area contributed by atoms with Crippen molar-refractivity contribution in [3.63, 3.8) is 0 Å². The molecule has 0 spiro atoms. The van der Waals surface area contributed by atoms with E-state index in [1.807, 2.05) is 55.5 Å². The summed E-state index contributed by atoms with van der Waals surface area (Å²) in [5, 5.41) is 7.68. The number of hydrogen-bond acceptors (Lipinski definition) is 4. The Labute approximate surface area is 179 Å². The molecule has 0 aliphatic carbocycles. The van der Waals surface area contributed by atoms with Gasteiger partial charge in [-0.1, -0.05) is 53.6 Å². The normalized spacial score (nSPS) is 10.6. The zero-order chi connectivity index (χ0) is 21.1. The number of anilines is 1. The summed E-state index contributed by atoms with van der Waals surface area (Å²) in [6, 6.07) is 22.3. The van der Waals surface area contributed by atoms with Crippen LogP contribution in [0.25, 0.3) is 17.1 Å². The zero-order valence-electron chi connectivity index (χ0n) is 16.5. The van der Waals surface area contributed by atoms with Crippen molar-refractivity contribution in [2.45, 2.75) is 6.92 Å². The van der Waals surface area contributed by atoms with E-state index in [0.29, 0.717) is 16.5 Å². The Bertz CT molecular complexity index is 1180. The predicted octanol–water partition coefficient (Wildman–Crippen LogP) is 5.16. The first kappa shape index (κ1) is 19.7. The Morgan fingerprint density at radius 2 is 1.70 bits per heavy atom. The number of nitrogens with zero attached hydrogens (tertiary/aromatic N) is 3. The molecule has 1 N–H and O–H groups in total. The third-order valence-corrected chi connectivity index (χ3v) is 4.89. The van der Waals surface area contributed by atoms with E-state index >= 15 is 0 Å². The van der Waals surface area contributed by atoms with Gasteiger partial charge in [0.2, 0.25) is 5.82 Å². The molecule has 0 fully saturated rings. The minimum Gasteiger partial charge on any atom is -0.497 e. The van der Waals surface area contributed by atoms with Gasteiger partial charge in [0.15, 0.2) is 5.82 Å². The minimum atomic E-state index is -0.441. The molecular weight excluding hydrogens is 400 g/mol. The highest BCUT2D eigenvalue weighted by atomic mass is 35.5. The summed E-state index contributed by atoms with van der Waals surface area (Å²) < 4.78 is 6.88. The molecule has 0 atom stereocenters. The van der Waals surface area contributed by atoms with Gasteiger partial charge in [0.25, 0.3) is 5.91 Å². The van der Waals surface area contributed by atoms with Crippen LogP contribution >= 0.6 is 11.6 Å². The fraction of sp³-hybridized carbons (Fsp3) is 0.0870. The van der Waals surface area contributed by atoms with Crippen molar-refractivity contribution in [2.24, 2.45) is 0 Å². The molecule has 1 amide bonds. The van der Waals surface area contributed by atoms with E-state index in [-0.39, 0.29) is 5.82 Å². The molecule has 3 aromatic carbocycles. The van der Waals surface area contributed by atoms with Crippen molar-refractivity contribution >= 4 is 23.2 Å². The fourth-order valence-corrected chi connectivity index (χ4v) is 3.12. The number of aryl methyl sites for hydroxylation is 1. The molecule has 6 nitrogen and oxygen atoms in total. The van der Waals surface area contributed by atoms with Crippen molar-refractivity contribution < 1.29 is 9.53 Å². The van der Waals surface area contributed by atoms with Gasteiger partial charge >= 0.3 is 0 Å². The molecule has 150 valence electrons. The first-order valence-electron chi connectivity index (χ1n) is 9.29. The number of carbonyl (C=O) groups is 1. The summed E-state index contributed by atoms with van der Waals surface area (Å²) in [7, 11) is 1.61. The largest absolute Gasteiger partial charge is 0.497 e. The van der Waals surface area contributed by atoms with Crippen molar-refractivity contribution in [3.05, 3.63) is 89.2 Å². The Kier molecular flexibility index (Phi) is 5.50. The third kappa shape index (κ3) is 4.04. The first-order chi connectivity index (χ1) is 14.5. The lowest BCUT2D eigenvalue weighted by Crippen LogP contribution is -2.14. The van der Waals surface area contributed by atoms with E-state index < -0.39 is 5.91 Å². The van der Waals surface area contributed by atoms with Crippen molar-refractivity contribution in [2.75, 3.05) is 12.4 Å². The molecule has 1 aromatic heterocycles. The summed E-state index contributed by atoms with van der Waals surface area (Å²) in [6.07, 6.45) is 0. The lowest BCUT2D eigenvalue weighted by Gasteiger charge is -2.07. The highest BCUT2D eigenvalue weighted by Gasteiger charge is 2.19. The van der Waals surface area contributed by atoms with Crippen LogP contribution in [0.2, 0.25) is 5.02 Å². The molecule has 0 saturated heterocycles. The lowest BCUT2D eigenvalue weighted by atomic mass is 10.1. The van der Waals surface area contributed by atoms with E-state index in [4.69, 9.17) is 16.3 Å². The SMILES string of the molecule is COc1ccc(-n2nc(C(=O)Nc3ccccc3Cl)nc2-c2ccc(C)cc2)cc1. The van der Waals surface area contributed by atoms with Gasteiger partial charge in [0, 0.05) is 5.56 Å². The summed E-state index contributed by atoms with van der Waals surface area (Å²) in [6.45, 7) is 2.01. The molecule has 0 aliphatic heterocycles. The van der Waals surface area contributed by atoms with Crippen LogP contribution in [-0.2, 0) is 0 Å². The molecule has 7 heteroatoms. The first-order valence-corrected chi connectivity index (χ1v) is 9.67. The van der Waals surface area contributed by atoms with Gasteiger partial charge in [-0.15, -0.1) is 5.10 Å². The van der Waals surface area contributed by atoms with Gasteiger partial charge in [0.05, 0.1) is 23.5 Å². The van der Waals surface area contributed by atoms with Crippen LogP contribution in [0.15, 0.2) is 72.8 Å². The molecular formula is C23H19ClN4O2. The number of amides is 1. The van der Waals surface area contributed by atoms with Crippen LogP contribution in [0.3, 0.4) is 0 Å². The molecule has 4 aromatic rings. The van der Waals surface area contributed by atoms with Crippen LogP contribution in [0.5, 0.6) is 5.75 Å². The van der Waals surface area contributed by atoms with Gasteiger partial charge in [-0.2, -0.15) is 0 Å². The molecule has 0 bridgehead atoms. The van der Waals surface area contributed by atoms with Gasteiger partial charge in [-0.3, -0.25) is 4.79 Å². The van der Waals surface area contributed by atoms with Crippen molar-refractivity contribution in [1.82, 2.24) is 14.8 Å². The molecule has 4 rings (SSSR count). The smallest absolute Gasteiger partial charge is 0.295 e. The Morgan fingerprint density at radius 1 is 1.00 bits per heavy atom. The number of halogens is 1. The fourth-order valence-electron chi connectivity index (χ4n) is 2.94. The van der Waals surface area contributed by atoms with E-state index in [1.54, 1.807) is 36.1 Å². The number of ether oxygens (including phenoxy) is 1. The highest BCUT2D eigenvalue weighted by Crippen LogP contribution is 2.25. The van der Waals surface area contributed by atoms with E-state index in [0.717, 1.165) is 22.6 Å². The number of hydrogen-bond donors (Lipinski definition) is 1. The Morgan fingerprint density at radius 3 is 2.37 bits per heavy atom. The quantitative estimate of drug-likeness (QED) is 0.486. The molecule has 1 heterocycles. The van der Waals surface area contributed by atoms with Crippen LogP contribution in [0.4, 0.5) is 5.69 Å². The average molecular weight is 419 g/mol. The number of aromatic nitrogens is 3. The van der Waals surface area contributed by atoms with E-state index in [9.17, 15) is 4.79 Å². The summed E-state index contributed by atoms with van der Waals surface area (Å²) in [5.41, 5.74) is 3.24. The standard InChI is InChI=1S/C23H19ClN4O2/c1-15-7-9-16(10-8-15)22-26-21(23(29)25-20-6-4-3-5-19(20)24)27-28(22)17-11-13-18(30-2)14-12-17/h3-14H,1-2H3,(H,25,29). The van der Waals surface area contributed by atoms with Crippen molar-refractivity contribution in [1.29, 1.82) is 0 Å². The lowest BCUT2D eigenvalue weighted by molar-refractivity contribution is 0.101. The number of methoxy groups -OCH3 is 1. The Balaban J connectivity index is 1.75. The average Bonchev–Trinajstić information content (AvgIpc) is 3.21. The number of benzene rings is 3. The second kappa shape index (κ2) is 8.39. The predicted molar refractivity (Wildman–Crippen MR) is 117 cm³/mol. The van der Waals surface area contributed by atoms with E-state index in [1.165, 1.54) is 0 Å².